The molecule has 4 rings (SSSR count). The summed E-state index contributed by atoms with van der Waals surface area (Å²) in [5, 5.41) is 30.0. The summed E-state index contributed by atoms with van der Waals surface area (Å²) in [4.78, 5) is 39.8. The number of nitrogens with zero attached hydrogens (tertiary/aromatic N) is 1. The zero-order chi connectivity index (χ0) is 31.9. The van der Waals surface area contributed by atoms with Crippen LogP contribution in [0.3, 0.4) is 0 Å². The van der Waals surface area contributed by atoms with E-state index >= 15 is 0 Å². The molecule has 0 aliphatic heterocycles. The Kier molecular flexibility index (Phi) is 10.4. The number of rotatable bonds is 11. The maximum Gasteiger partial charge on any atom is 0.407 e. The molecule has 3 amide bonds. The molecule has 10 heteroatoms. The first kappa shape index (κ1) is 32.7. The molecule has 3 aromatic rings. The van der Waals surface area contributed by atoms with Crippen molar-refractivity contribution in [3.05, 3.63) is 107 Å². The van der Waals surface area contributed by atoms with Crippen LogP contribution in [0.1, 0.15) is 49.1 Å². The number of nitrogens with one attached hydrogen (secondary N) is 3. The van der Waals surface area contributed by atoms with Crippen molar-refractivity contribution in [2.45, 2.75) is 63.9 Å². The van der Waals surface area contributed by atoms with Gasteiger partial charge in [-0.15, -0.1) is 0 Å². The molecule has 0 unspecified atom stereocenters. The lowest BCUT2D eigenvalue weighted by Gasteiger charge is -2.37. The van der Waals surface area contributed by atoms with E-state index in [1.54, 1.807) is 20.8 Å². The van der Waals surface area contributed by atoms with Gasteiger partial charge in [0.2, 0.25) is 0 Å². The summed E-state index contributed by atoms with van der Waals surface area (Å²) in [6, 6.07) is 24.2. The second-order valence-corrected chi connectivity index (χ2v) is 12.4. The van der Waals surface area contributed by atoms with Crippen LogP contribution in [0.5, 0.6) is 0 Å². The zero-order valence-corrected chi connectivity index (χ0v) is 25.6. The van der Waals surface area contributed by atoms with Gasteiger partial charge in [-0.05, 0) is 27.7 Å². The fourth-order valence-corrected chi connectivity index (χ4v) is 5.49. The van der Waals surface area contributed by atoms with Crippen LogP contribution in [-0.4, -0.2) is 64.5 Å². The summed E-state index contributed by atoms with van der Waals surface area (Å²) in [5.41, 5.74) is 3.39. The van der Waals surface area contributed by atoms with Gasteiger partial charge in [0, 0.05) is 19.4 Å². The zero-order valence-electron chi connectivity index (χ0n) is 25.6. The monoisotopic (exact) mass is 602 g/mol. The lowest BCUT2D eigenvalue weighted by atomic mass is 9.86. The Labute approximate surface area is 258 Å². The minimum atomic E-state index is -2.03. The van der Waals surface area contributed by atoms with E-state index in [0.29, 0.717) is 12.0 Å². The van der Waals surface area contributed by atoms with Gasteiger partial charge in [-0.1, -0.05) is 106 Å². The fraction of sp³-hybridized carbons (Fsp3) is 0.382. The van der Waals surface area contributed by atoms with Gasteiger partial charge in [-0.25, -0.2) is 9.80 Å². The van der Waals surface area contributed by atoms with Crippen molar-refractivity contribution in [3.8, 4) is 0 Å². The molecule has 10 nitrogen and oxygen atoms in total. The fourth-order valence-electron chi connectivity index (χ4n) is 5.49. The summed E-state index contributed by atoms with van der Waals surface area (Å²) < 4.78 is 4.75. The van der Waals surface area contributed by atoms with Crippen molar-refractivity contribution in [2.24, 2.45) is 5.41 Å². The third kappa shape index (κ3) is 8.22. The number of methoxy groups -OCH3 is 1. The molecule has 44 heavy (non-hydrogen) atoms. The third-order valence-corrected chi connectivity index (χ3v) is 7.77. The molecule has 3 aromatic carbocycles. The summed E-state index contributed by atoms with van der Waals surface area (Å²) in [5.74, 6) is -1.23. The van der Waals surface area contributed by atoms with E-state index in [0.717, 1.165) is 16.7 Å². The Balaban J connectivity index is 1.66. The predicted octanol–water partition coefficient (Wildman–Crippen LogP) is 3.04. The Hall–Kier alpha value is -4.25. The average Bonchev–Trinajstić information content (AvgIpc) is 3.30. The van der Waals surface area contributed by atoms with E-state index in [4.69, 9.17) is 4.74 Å². The number of alkyl carbamates (subject to hydrolysis) is 1. The van der Waals surface area contributed by atoms with Crippen LogP contribution in [0.25, 0.3) is 0 Å². The minimum Gasteiger partial charge on any atom is -0.453 e. The Morgan fingerprint density at radius 2 is 1.52 bits per heavy atom. The molecule has 0 bridgehead atoms. The molecular formula is C34H42N4O6. The maximum atomic E-state index is 14.0. The van der Waals surface area contributed by atoms with Gasteiger partial charge < -0.3 is 25.6 Å². The number of carbonyl (C=O) groups excluding carboxylic acids is 3. The first-order valence-corrected chi connectivity index (χ1v) is 14.7. The molecule has 0 radical (unpaired) electrons. The number of amides is 3. The summed E-state index contributed by atoms with van der Waals surface area (Å²) in [6.45, 7) is 5.27. The number of aliphatic hydroxyl groups is 2. The first-order valence-electron chi connectivity index (χ1n) is 14.7. The number of fused-ring (bicyclic) bond motifs is 1. The van der Waals surface area contributed by atoms with Crippen molar-refractivity contribution < 1.29 is 29.3 Å². The van der Waals surface area contributed by atoms with Gasteiger partial charge >= 0.3 is 6.09 Å². The summed E-state index contributed by atoms with van der Waals surface area (Å²) >= 11 is 0. The Morgan fingerprint density at radius 3 is 2.14 bits per heavy atom. The molecule has 1 aliphatic rings. The van der Waals surface area contributed by atoms with E-state index in [1.165, 1.54) is 12.1 Å². The molecule has 1 aliphatic carbocycles. The van der Waals surface area contributed by atoms with E-state index in [9.17, 15) is 24.6 Å². The molecule has 0 saturated heterocycles. The van der Waals surface area contributed by atoms with E-state index in [2.05, 4.69) is 16.1 Å². The van der Waals surface area contributed by atoms with Crippen LogP contribution in [0, 0.1) is 5.41 Å². The van der Waals surface area contributed by atoms with Gasteiger partial charge in [-0.3, -0.25) is 15.0 Å². The SMILES string of the molecule is COC(=O)N[C@H](C(=O)NN(Cc1ccccc1)C[C@](O)(Cc1ccccc1)C(=O)N[C@H]1c2ccccc2C[C@H]1O)C(C)(C)C. The highest BCUT2D eigenvalue weighted by molar-refractivity contribution is 5.87. The summed E-state index contributed by atoms with van der Waals surface area (Å²) in [6.07, 6.45) is -1.29. The number of ether oxygens (including phenoxy) is 1. The minimum absolute atomic E-state index is 0.0611. The van der Waals surface area contributed by atoms with Crippen molar-refractivity contribution >= 4 is 17.9 Å². The topological polar surface area (TPSA) is 140 Å². The highest BCUT2D eigenvalue weighted by Crippen LogP contribution is 2.32. The van der Waals surface area contributed by atoms with Crippen molar-refractivity contribution in [3.63, 3.8) is 0 Å². The predicted molar refractivity (Wildman–Crippen MR) is 166 cm³/mol. The largest absolute Gasteiger partial charge is 0.453 e. The van der Waals surface area contributed by atoms with E-state index < -0.39 is 47.1 Å². The normalized spacial score (nSPS) is 18.1. The van der Waals surface area contributed by atoms with Gasteiger partial charge in [0.1, 0.15) is 6.04 Å². The van der Waals surface area contributed by atoms with Crippen molar-refractivity contribution in [1.82, 2.24) is 21.1 Å². The molecule has 0 saturated carbocycles. The average molecular weight is 603 g/mol. The quantitative estimate of drug-likeness (QED) is 0.213. The van der Waals surface area contributed by atoms with Gasteiger partial charge in [-0.2, -0.15) is 0 Å². The molecular weight excluding hydrogens is 560 g/mol. The number of hydrogen-bond donors (Lipinski definition) is 5. The number of hydrogen-bond acceptors (Lipinski definition) is 7. The maximum absolute atomic E-state index is 14.0. The molecule has 234 valence electrons. The Morgan fingerprint density at radius 1 is 0.932 bits per heavy atom. The second kappa shape index (κ2) is 14.0. The van der Waals surface area contributed by atoms with E-state index in [-0.39, 0.29) is 19.5 Å². The van der Waals surface area contributed by atoms with Crippen LogP contribution < -0.4 is 16.1 Å². The van der Waals surface area contributed by atoms with E-state index in [1.807, 2.05) is 84.9 Å². The second-order valence-electron chi connectivity index (χ2n) is 12.4. The lowest BCUT2D eigenvalue weighted by Crippen LogP contribution is -2.62. The molecule has 4 atom stereocenters. The molecule has 0 aromatic heterocycles. The van der Waals surface area contributed by atoms with Crippen LogP contribution >= 0.6 is 0 Å². The van der Waals surface area contributed by atoms with Crippen LogP contribution in [0.2, 0.25) is 0 Å². The van der Waals surface area contributed by atoms with Crippen molar-refractivity contribution in [2.75, 3.05) is 13.7 Å². The molecule has 0 spiro atoms. The van der Waals surface area contributed by atoms with Gasteiger partial charge in [0.15, 0.2) is 5.60 Å². The number of hydrazine groups is 1. The molecule has 0 heterocycles. The van der Waals surface area contributed by atoms with Gasteiger partial charge in [0.05, 0.1) is 25.8 Å². The third-order valence-electron chi connectivity index (χ3n) is 7.77. The number of benzene rings is 3. The standard InChI is InChI=1S/C34H42N4O6/c1-33(2,3)29(36-32(42)44-4)30(40)37-38(21-24-15-9-6-10-16-24)22-34(43,20-23-13-7-5-8-14-23)31(41)35-28-26-18-12-11-17-25(26)19-27(28)39/h5-18,27-29,39,43H,19-22H2,1-4H3,(H,35,41)(H,36,42)(H,37,40)/t27-,28+,29-,34-/m1/s1. The summed E-state index contributed by atoms with van der Waals surface area (Å²) in [7, 11) is 1.22. The smallest absolute Gasteiger partial charge is 0.407 e. The lowest BCUT2D eigenvalue weighted by molar-refractivity contribution is -0.147. The molecule has 0 fully saturated rings. The van der Waals surface area contributed by atoms with Gasteiger partial charge in [0.25, 0.3) is 11.8 Å². The number of aliphatic hydroxyl groups excluding tert-OH is 1. The highest BCUT2D eigenvalue weighted by atomic mass is 16.5. The molecule has 5 N–H and O–H groups in total. The first-order chi connectivity index (χ1) is 20.9. The van der Waals surface area contributed by atoms with Crippen LogP contribution in [-0.2, 0) is 33.7 Å². The van der Waals surface area contributed by atoms with Crippen LogP contribution in [0.4, 0.5) is 4.79 Å². The number of carbonyl (C=O) groups is 3. The van der Waals surface area contributed by atoms with Crippen LogP contribution in [0.15, 0.2) is 84.9 Å². The Bertz CT molecular complexity index is 1430. The highest BCUT2D eigenvalue weighted by Gasteiger charge is 2.43. The van der Waals surface area contributed by atoms with Crippen molar-refractivity contribution in [1.29, 1.82) is 0 Å².